The van der Waals surface area contributed by atoms with E-state index in [-0.39, 0.29) is 0 Å². The smallest absolute Gasteiger partial charge is 0.0292 e. The molecule has 0 bridgehead atoms. The molecule has 1 aromatic rings. The van der Waals surface area contributed by atoms with Gasteiger partial charge in [0.2, 0.25) is 0 Å². The van der Waals surface area contributed by atoms with Gasteiger partial charge in [0, 0.05) is 14.9 Å². The van der Waals surface area contributed by atoms with E-state index in [1.165, 1.54) is 25.0 Å². The van der Waals surface area contributed by atoms with Crippen molar-refractivity contribution in [3.8, 4) is 0 Å². The summed E-state index contributed by atoms with van der Waals surface area (Å²) < 4.78 is 2.54. The molecule has 0 heterocycles. The molecule has 3 rings (SSSR count). The Bertz CT molecular complexity index is 620. The molecule has 0 N–H and O–H groups in total. The molecule has 2 aliphatic rings. The highest BCUT2D eigenvalue weighted by Gasteiger charge is 2.24. The molecule has 80 valence electrons. The SMILES string of the molecule is BrC1=c2ccccc2=C(Br)C2CC=CC=C12. The maximum absolute atomic E-state index is 3.76. The Balaban J connectivity index is 2.45. The van der Waals surface area contributed by atoms with Crippen molar-refractivity contribution >= 4 is 40.8 Å². The molecule has 0 nitrogen and oxygen atoms in total. The molecule has 0 saturated carbocycles. The number of fused-ring (bicyclic) bond motifs is 2. The highest BCUT2D eigenvalue weighted by atomic mass is 79.9. The van der Waals surface area contributed by atoms with E-state index in [1.54, 1.807) is 0 Å². The van der Waals surface area contributed by atoms with Crippen molar-refractivity contribution < 1.29 is 0 Å². The van der Waals surface area contributed by atoms with Crippen LogP contribution in [0.2, 0.25) is 0 Å². The van der Waals surface area contributed by atoms with Gasteiger partial charge in [0.25, 0.3) is 0 Å². The molecule has 16 heavy (non-hydrogen) atoms. The number of benzene rings is 1. The second-order valence-electron chi connectivity index (χ2n) is 4.05. The Labute approximate surface area is 111 Å². The van der Waals surface area contributed by atoms with Gasteiger partial charge >= 0.3 is 0 Å². The van der Waals surface area contributed by atoms with Crippen LogP contribution in [0.4, 0.5) is 0 Å². The fourth-order valence-corrected chi connectivity index (χ4v) is 3.86. The van der Waals surface area contributed by atoms with Crippen LogP contribution in [0.25, 0.3) is 8.96 Å². The first-order chi connectivity index (χ1) is 7.79. The van der Waals surface area contributed by atoms with Gasteiger partial charge in [0.1, 0.15) is 0 Å². The van der Waals surface area contributed by atoms with E-state index in [9.17, 15) is 0 Å². The van der Waals surface area contributed by atoms with Crippen molar-refractivity contribution in [2.75, 3.05) is 0 Å². The topological polar surface area (TPSA) is 0 Å². The zero-order valence-electron chi connectivity index (χ0n) is 8.58. The molecule has 2 aliphatic carbocycles. The molecular formula is C14H10Br2. The van der Waals surface area contributed by atoms with E-state index in [2.05, 4.69) is 74.4 Å². The largest absolute Gasteiger partial charge is 0.0836 e. The molecule has 0 amide bonds. The zero-order chi connectivity index (χ0) is 11.1. The van der Waals surface area contributed by atoms with Gasteiger partial charge in [-0.15, -0.1) is 0 Å². The van der Waals surface area contributed by atoms with Gasteiger partial charge in [0.05, 0.1) is 0 Å². The van der Waals surface area contributed by atoms with Crippen LogP contribution in [0.15, 0.2) is 48.1 Å². The summed E-state index contributed by atoms with van der Waals surface area (Å²) >= 11 is 7.50. The Morgan fingerprint density at radius 3 is 2.62 bits per heavy atom. The molecule has 0 fully saturated rings. The lowest BCUT2D eigenvalue weighted by Crippen LogP contribution is -2.34. The normalized spacial score (nSPS) is 22.6. The molecular weight excluding hydrogens is 328 g/mol. The van der Waals surface area contributed by atoms with Gasteiger partial charge in [-0.25, -0.2) is 0 Å². The lowest BCUT2D eigenvalue weighted by atomic mass is 9.86. The predicted octanol–water partition coefficient (Wildman–Crippen LogP) is 3.21. The zero-order valence-corrected chi connectivity index (χ0v) is 11.8. The van der Waals surface area contributed by atoms with Gasteiger partial charge in [-0.3, -0.25) is 0 Å². The number of hydrogen-bond acceptors (Lipinski definition) is 0. The average Bonchev–Trinajstić information content (AvgIpc) is 2.36. The summed E-state index contributed by atoms with van der Waals surface area (Å²) in [6.07, 6.45) is 7.65. The molecule has 1 atom stereocenters. The van der Waals surface area contributed by atoms with Gasteiger partial charge in [-0.2, -0.15) is 0 Å². The van der Waals surface area contributed by atoms with Crippen LogP contribution in [0.1, 0.15) is 6.42 Å². The van der Waals surface area contributed by atoms with Crippen LogP contribution in [-0.2, 0) is 0 Å². The Kier molecular flexibility index (Phi) is 2.64. The minimum atomic E-state index is 0.481. The fraction of sp³-hybridized carbons (Fsp3) is 0.143. The molecule has 1 aromatic carbocycles. The second kappa shape index (κ2) is 4.01. The highest BCUT2D eigenvalue weighted by Crippen LogP contribution is 2.39. The van der Waals surface area contributed by atoms with Crippen molar-refractivity contribution in [2.45, 2.75) is 6.42 Å². The summed E-state index contributed by atoms with van der Waals surface area (Å²) in [4.78, 5) is 0. The van der Waals surface area contributed by atoms with Crippen LogP contribution in [0.5, 0.6) is 0 Å². The average molecular weight is 338 g/mol. The van der Waals surface area contributed by atoms with E-state index in [0.717, 1.165) is 6.42 Å². The minimum absolute atomic E-state index is 0.481. The van der Waals surface area contributed by atoms with Crippen molar-refractivity contribution in [1.82, 2.24) is 0 Å². The number of hydrogen-bond donors (Lipinski definition) is 0. The summed E-state index contributed by atoms with van der Waals surface area (Å²) in [6, 6.07) is 8.51. The van der Waals surface area contributed by atoms with Gasteiger partial charge in [-0.05, 0) is 38.4 Å². The van der Waals surface area contributed by atoms with Crippen LogP contribution in [-0.4, -0.2) is 0 Å². The van der Waals surface area contributed by atoms with E-state index in [0.29, 0.717) is 5.92 Å². The summed E-state index contributed by atoms with van der Waals surface area (Å²) in [5.41, 5.74) is 1.38. The van der Waals surface area contributed by atoms with Crippen molar-refractivity contribution in [3.05, 3.63) is 58.5 Å². The first-order valence-corrected chi connectivity index (χ1v) is 6.89. The maximum atomic E-state index is 3.76. The Morgan fingerprint density at radius 1 is 1.06 bits per heavy atom. The number of rotatable bonds is 0. The van der Waals surface area contributed by atoms with E-state index < -0.39 is 0 Å². The molecule has 0 saturated heterocycles. The van der Waals surface area contributed by atoms with Crippen molar-refractivity contribution in [1.29, 1.82) is 0 Å². The first-order valence-electron chi connectivity index (χ1n) is 5.30. The van der Waals surface area contributed by atoms with Crippen LogP contribution in [0, 0.1) is 5.92 Å². The summed E-state index contributed by atoms with van der Waals surface area (Å²) in [5, 5.41) is 2.60. The quantitative estimate of drug-likeness (QED) is 0.682. The van der Waals surface area contributed by atoms with Crippen LogP contribution in [0.3, 0.4) is 0 Å². The first kappa shape index (κ1) is 10.5. The predicted molar refractivity (Wildman–Crippen MR) is 75.7 cm³/mol. The lowest BCUT2D eigenvalue weighted by Gasteiger charge is -2.25. The number of halogens is 2. The standard InChI is InChI=1S/C14H10Br2/c15-13-9-5-1-2-6-10(9)14(16)12-8-4-3-7-11(12)13/h1-7,12H,8H2. The van der Waals surface area contributed by atoms with Crippen molar-refractivity contribution in [2.24, 2.45) is 5.92 Å². The van der Waals surface area contributed by atoms with E-state index in [1.807, 2.05) is 0 Å². The third-order valence-corrected chi connectivity index (χ3v) is 5.00. The monoisotopic (exact) mass is 336 g/mol. The van der Waals surface area contributed by atoms with E-state index in [4.69, 9.17) is 0 Å². The van der Waals surface area contributed by atoms with Crippen LogP contribution < -0.4 is 10.4 Å². The van der Waals surface area contributed by atoms with Gasteiger partial charge < -0.3 is 0 Å². The molecule has 0 radical (unpaired) electrons. The molecule has 0 spiro atoms. The fourth-order valence-electron chi connectivity index (χ4n) is 2.32. The highest BCUT2D eigenvalue weighted by molar-refractivity contribution is 9.15. The van der Waals surface area contributed by atoms with Crippen LogP contribution >= 0.6 is 31.9 Å². The summed E-state index contributed by atoms with van der Waals surface area (Å²) in [6.45, 7) is 0. The van der Waals surface area contributed by atoms with Gasteiger partial charge in [-0.1, -0.05) is 58.4 Å². The van der Waals surface area contributed by atoms with Crippen molar-refractivity contribution in [3.63, 3.8) is 0 Å². The number of allylic oxidation sites excluding steroid dienone is 4. The maximum Gasteiger partial charge on any atom is 0.0292 e. The third-order valence-electron chi connectivity index (χ3n) is 3.14. The van der Waals surface area contributed by atoms with E-state index >= 15 is 0 Å². The minimum Gasteiger partial charge on any atom is -0.0836 e. The lowest BCUT2D eigenvalue weighted by molar-refractivity contribution is 0.822. The molecule has 1 unspecified atom stereocenters. The third kappa shape index (κ3) is 1.47. The summed E-state index contributed by atoms with van der Waals surface area (Å²) in [7, 11) is 0. The Hall–Kier alpha value is -0.600. The molecule has 0 aromatic heterocycles. The van der Waals surface area contributed by atoms with Gasteiger partial charge in [0.15, 0.2) is 0 Å². The molecule has 2 heteroatoms. The molecule has 0 aliphatic heterocycles. The second-order valence-corrected chi connectivity index (χ2v) is 5.69. The summed E-state index contributed by atoms with van der Waals surface area (Å²) in [5.74, 6) is 0.481. The Morgan fingerprint density at radius 2 is 1.81 bits per heavy atom.